The van der Waals surface area contributed by atoms with Gasteiger partial charge in [0.2, 0.25) is 0 Å². The molecule has 1 aromatic rings. The van der Waals surface area contributed by atoms with E-state index in [0.29, 0.717) is 5.92 Å². The molecule has 0 heterocycles. The van der Waals surface area contributed by atoms with Crippen molar-refractivity contribution < 1.29 is 0 Å². The lowest BCUT2D eigenvalue weighted by atomic mass is 9.75. The van der Waals surface area contributed by atoms with E-state index in [2.05, 4.69) is 45.1 Å². The van der Waals surface area contributed by atoms with Crippen molar-refractivity contribution in [3.8, 4) is 0 Å². The topological polar surface area (TPSA) is 12.0 Å². The van der Waals surface area contributed by atoms with Crippen molar-refractivity contribution >= 4 is 11.6 Å². The molecule has 0 saturated heterocycles. The van der Waals surface area contributed by atoms with Crippen LogP contribution in [0, 0.1) is 5.92 Å². The van der Waals surface area contributed by atoms with E-state index >= 15 is 0 Å². The quantitative estimate of drug-likeness (QED) is 0.759. The SMILES string of the molecule is CCC(CC)(CNCC(C)C)c1ccccc1Cl. The van der Waals surface area contributed by atoms with Crippen molar-refractivity contribution in [2.75, 3.05) is 13.1 Å². The number of nitrogens with one attached hydrogen (secondary N) is 1. The fourth-order valence-electron chi connectivity index (χ4n) is 2.47. The zero-order valence-electron chi connectivity index (χ0n) is 12.1. The highest BCUT2D eigenvalue weighted by molar-refractivity contribution is 6.31. The maximum absolute atomic E-state index is 6.38. The Hall–Kier alpha value is -0.530. The Bertz CT molecular complexity index is 356. The van der Waals surface area contributed by atoms with Crippen molar-refractivity contribution in [2.24, 2.45) is 5.92 Å². The Balaban J connectivity index is 2.89. The minimum atomic E-state index is 0.160. The third-order valence-corrected chi connectivity index (χ3v) is 4.14. The second-order valence-corrected chi connectivity index (χ2v) is 5.90. The molecule has 18 heavy (non-hydrogen) atoms. The molecule has 0 aliphatic heterocycles. The van der Waals surface area contributed by atoms with E-state index in [4.69, 9.17) is 11.6 Å². The van der Waals surface area contributed by atoms with Gasteiger partial charge in [0.05, 0.1) is 0 Å². The van der Waals surface area contributed by atoms with Crippen molar-refractivity contribution in [1.82, 2.24) is 5.32 Å². The molecule has 1 nitrogen and oxygen atoms in total. The molecule has 0 bridgehead atoms. The van der Waals surface area contributed by atoms with Gasteiger partial charge < -0.3 is 5.32 Å². The van der Waals surface area contributed by atoms with Crippen LogP contribution < -0.4 is 5.32 Å². The lowest BCUT2D eigenvalue weighted by Crippen LogP contribution is -2.39. The molecular formula is C16H26ClN. The van der Waals surface area contributed by atoms with Crippen LogP contribution in [0.5, 0.6) is 0 Å². The molecular weight excluding hydrogens is 242 g/mol. The van der Waals surface area contributed by atoms with Gasteiger partial charge in [-0.15, -0.1) is 0 Å². The summed E-state index contributed by atoms with van der Waals surface area (Å²) in [6.07, 6.45) is 2.22. The second kappa shape index (κ2) is 7.16. The highest BCUT2D eigenvalue weighted by Gasteiger charge is 2.29. The zero-order chi connectivity index (χ0) is 13.6. The average Bonchev–Trinajstić information content (AvgIpc) is 2.36. The summed E-state index contributed by atoms with van der Waals surface area (Å²) < 4.78 is 0. The zero-order valence-corrected chi connectivity index (χ0v) is 12.8. The number of benzene rings is 1. The number of hydrogen-bond donors (Lipinski definition) is 1. The van der Waals surface area contributed by atoms with Crippen molar-refractivity contribution in [3.63, 3.8) is 0 Å². The van der Waals surface area contributed by atoms with Gasteiger partial charge in [0.15, 0.2) is 0 Å². The Labute approximate surface area is 117 Å². The molecule has 0 saturated carbocycles. The minimum Gasteiger partial charge on any atom is -0.316 e. The second-order valence-electron chi connectivity index (χ2n) is 5.49. The predicted octanol–water partition coefficient (Wildman–Crippen LogP) is 4.64. The molecule has 0 aliphatic rings. The van der Waals surface area contributed by atoms with E-state index in [1.165, 1.54) is 5.56 Å². The molecule has 0 amide bonds. The predicted molar refractivity (Wildman–Crippen MR) is 81.4 cm³/mol. The summed E-state index contributed by atoms with van der Waals surface area (Å²) in [6.45, 7) is 11.0. The van der Waals surface area contributed by atoms with Gasteiger partial charge in [0.25, 0.3) is 0 Å². The monoisotopic (exact) mass is 267 g/mol. The lowest BCUT2D eigenvalue weighted by Gasteiger charge is -2.34. The standard InChI is InChI=1S/C16H26ClN/c1-5-16(6-2,12-18-11-13(3)4)14-9-7-8-10-15(14)17/h7-10,13,18H,5-6,11-12H2,1-4H3. The van der Waals surface area contributed by atoms with Gasteiger partial charge in [0, 0.05) is 17.0 Å². The van der Waals surface area contributed by atoms with Gasteiger partial charge >= 0.3 is 0 Å². The summed E-state index contributed by atoms with van der Waals surface area (Å²) in [6, 6.07) is 8.26. The van der Waals surface area contributed by atoms with E-state index < -0.39 is 0 Å². The van der Waals surface area contributed by atoms with Crippen LogP contribution in [-0.2, 0) is 5.41 Å². The largest absolute Gasteiger partial charge is 0.316 e. The van der Waals surface area contributed by atoms with Crippen LogP contribution in [0.3, 0.4) is 0 Å². The summed E-state index contributed by atoms with van der Waals surface area (Å²) in [4.78, 5) is 0. The highest BCUT2D eigenvalue weighted by atomic mass is 35.5. The smallest absolute Gasteiger partial charge is 0.0444 e. The van der Waals surface area contributed by atoms with E-state index in [-0.39, 0.29) is 5.41 Å². The Kier molecular flexibility index (Phi) is 6.17. The molecule has 1 rings (SSSR count). The Morgan fingerprint density at radius 2 is 1.78 bits per heavy atom. The van der Waals surface area contributed by atoms with Crippen molar-refractivity contribution in [2.45, 2.75) is 46.0 Å². The first-order valence-corrected chi connectivity index (χ1v) is 7.39. The number of halogens is 1. The van der Waals surface area contributed by atoms with Crippen LogP contribution in [0.2, 0.25) is 5.02 Å². The number of rotatable bonds is 7. The van der Waals surface area contributed by atoms with Crippen molar-refractivity contribution in [1.29, 1.82) is 0 Å². The third-order valence-electron chi connectivity index (χ3n) is 3.81. The molecule has 2 heteroatoms. The Morgan fingerprint density at radius 3 is 2.28 bits per heavy atom. The van der Waals surface area contributed by atoms with Gasteiger partial charge in [-0.3, -0.25) is 0 Å². The lowest BCUT2D eigenvalue weighted by molar-refractivity contribution is 0.359. The first-order valence-electron chi connectivity index (χ1n) is 7.01. The van der Waals surface area contributed by atoms with Gasteiger partial charge in [-0.1, -0.05) is 57.5 Å². The molecule has 0 unspecified atom stereocenters. The highest BCUT2D eigenvalue weighted by Crippen LogP contribution is 2.35. The molecule has 1 N–H and O–H groups in total. The molecule has 0 radical (unpaired) electrons. The van der Waals surface area contributed by atoms with Gasteiger partial charge in [0.1, 0.15) is 0 Å². The van der Waals surface area contributed by atoms with Crippen LogP contribution in [0.4, 0.5) is 0 Å². The first-order chi connectivity index (χ1) is 8.55. The fourth-order valence-corrected chi connectivity index (χ4v) is 2.80. The molecule has 1 aromatic carbocycles. The van der Waals surface area contributed by atoms with Crippen LogP contribution >= 0.6 is 11.6 Å². The van der Waals surface area contributed by atoms with Gasteiger partial charge in [-0.05, 0) is 36.9 Å². The summed E-state index contributed by atoms with van der Waals surface area (Å²) in [5.74, 6) is 0.683. The molecule has 102 valence electrons. The van der Waals surface area contributed by atoms with Crippen LogP contribution in [-0.4, -0.2) is 13.1 Å². The molecule has 0 spiro atoms. The summed E-state index contributed by atoms with van der Waals surface area (Å²) >= 11 is 6.38. The van der Waals surface area contributed by atoms with Crippen LogP contribution in [0.25, 0.3) is 0 Å². The van der Waals surface area contributed by atoms with E-state index in [1.807, 2.05) is 12.1 Å². The molecule has 0 fully saturated rings. The van der Waals surface area contributed by atoms with E-state index in [1.54, 1.807) is 0 Å². The Morgan fingerprint density at radius 1 is 1.17 bits per heavy atom. The van der Waals surface area contributed by atoms with Crippen molar-refractivity contribution in [3.05, 3.63) is 34.9 Å². The molecule has 0 aliphatic carbocycles. The molecule has 0 atom stereocenters. The van der Waals surface area contributed by atoms with E-state index in [0.717, 1.165) is 31.0 Å². The maximum atomic E-state index is 6.38. The molecule has 0 aromatic heterocycles. The van der Waals surface area contributed by atoms with Gasteiger partial charge in [-0.25, -0.2) is 0 Å². The first kappa shape index (κ1) is 15.5. The third kappa shape index (κ3) is 3.73. The summed E-state index contributed by atoms with van der Waals surface area (Å²) in [7, 11) is 0. The normalized spacial score (nSPS) is 12.1. The van der Waals surface area contributed by atoms with Crippen LogP contribution in [0.1, 0.15) is 46.1 Å². The summed E-state index contributed by atoms with van der Waals surface area (Å²) in [5.41, 5.74) is 1.45. The minimum absolute atomic E-state index is 0.160. The van der Waals surface area contributed by atoms with Gasteiger partial charge in [-0.2, -0.15) is 0 Å². The van der Waals surface area contributed by atoms with Crippen LogP contribution in [0.15, 0.2) is 24.3 Å². The van der Waals surface area contributed by atoms with E-state index in [9.17, 15) is 0 Å². The fraction of sp³-hybridized carbons (Fsp3) is 0.625. The average molecular weight is 268 g/mol. The maximum Gasteiger partial charge on any atom is 0.0444 e. The summed E-state index contributed by atoms with van der Waals surface area (Å²) in [5, 5.41) is 4.49. The number of hydrogen-bond acceptors (Lipinski definition) is 1.